The second kappa shape index (κ2) is 6.89. The molecule has 0 fully saturated rings. The molecule has 1 rings (SSSR count). The summed E-state index contributed by atoms with van der Waals surface area (Å²) in [4.78, 5) is 22.7. The third-order valence-corrected chi connectivity index (χ3v) is 2.65. The molecule has 0 bridgehead atoms. The Morgan fingerprint density at radius 1 is 1.32 bits per heavy atom. The van der Waals surface area contributed by atoms with Crippen molar-refractivity contribution in [1.82, 2.24) is 5.32 Å². The van der Waals surface area contributed by atoms with E-state index in [2.05, 4.69) is 5.32 Å². The van der Waals surface area contributed by atoms with Gasteiger partial charge in [0.15, 0.2) is 0 Å². The number of rotatable bonds is 7. The van der Waals surface area contributed by atoms with Gasteiger partial charge in [0.25, 0.3) is 0 Å². The summed E-state index contributed by atoms with van der Waals surface area (Å²) in [5.74, 6) is -1.19. The first-order valence-electron chi connectivity index (χ1n) is 6.01. The SMILES string of the molecule is COCC(C)(CC(=O)O)NC(=O)Cc1ccccc1. The number of benzene rings is 1. The zero-order valence-corrected chi connectivity index (χ0v) is 11.2. The Balaban J connectivity index is 2.63. The van der Waals surface area contributed by atoms with Crippen LogP contribution in [0.15, 0.2) is 30.3 Å². The molecular weight excluding hydrogens is 246 g/mol. The van der Waals surface area contributed by atoms with Crippen LogP contribution in [0.4, 0.5) is 0 Å². The van der Waals surface area contributed by atoms with Gasteiger partial charge in [0.05, 0.1) is 25.0 Å². The van der Waals surface area contributed by atoms with Crippen molar-refractivity contribution in [3.63, 3.8) is 0 Å². The van der Waals surface area contributed by atoms with Crippen LogP contribution in [-0.2, 0) is 20.7 Å². The number of hydrogen-bond acceptors (Lipinski definition) is 3. The molecule has 5 nitrogen and oxygen atoms in total. The molecule has 1 atom stereocenters. The average Bonchev–Trinajstić information content (AvgIpc) is 2.28. The number of carbonyl (C=O) groups is 2. The molecule has 0 radical (unpaired) electrons. The fourth-order valence-electron chi connectivity index (χ4n) is 1.95. The molecule has 1 unspecified atom stereocenters. The molecule has 0 saturated carbocycles. The van der Waals surface area contributed by atoms with Crippen molar-refractivity contribution in [2.75, 3.05) is 13.7 Å². The molecule has 0 aliphatic rings. The predicted octanol–water partition coefficient (Wildman–Crippen LogP) is 1.23. The van der Waals surface area contributed by atoms with E-state index in [4.69, 9.17) is 9.84 Å². The Kier molecular flexibility index (Phi) is 5.51. The molecule has 0 spiro atoms. The van der Waals surface area contributed by atoms with Crippen molar-refractivity contribution in [3.8, 4) is 0 Å². The van der Waals surface area contributed by atoms with Crippen LogP contribution in [0.5, 0.6) is 0 Å². The van der Waals surface area contributed by atoms with Gasteiger partial charge in [-0.05, 0) is 12.5 Å². The van der Waals surface area contributed by atoms with Crippen LogP contribution in [0.1, 0.15) is 18.9 Å². The van der Waals surface area contributed by atoms with Crippen molar-refractivity contribution in [1.29, 1.82) is 0 Å². The number of ether oxygens (including phenoxy) is 1. The number of methoxy groups -OCH3 is 1. The van der Waals surface area contributed by atoms with Gasteiger partial charge in [-0.25, -0.2) is 0 Å². The number of aliphatic carboxylic acids is 1. The van der Waals surface area contributed by atoms with Crippen molar-refractivity contribution in [2.45, 2.75) is 25.3 Å². The van der Waals surface area contributed by atoms with Gasteiger partial charge < -0.3 is 15.2 Å². The minimum Gasteiger partial charge on any atom is -0.481 e. The summed E-state index contributed by atoms with van der Waals surface area (Å²) in [6.45, 7) is 1.81. The number of carbonyl (C=O) groups excluding carboxylic acids is 1. The first-order chi connectivity index (χ1) is 8.95. The van der Waals surface area contributed by atoms with E-state index in [1.165, 1.54) is 7.11 Å². The molecule has 0 aliphatic heterocycles. The summed E-state index contributed by atoms with van der Waals surface area (Å²) in [7, 11) is 1.48. The van der Waals surface area contributed by atoms with Gasteiger partial charge in [-0.15, -0.1) is 0 Å². The minimum atomic E-state index is -0.973. The zero-order chi connectivity index (χ0) is 14.3. The molecule has 0 aliphatic carbocycles. The molecule has 0 heterocycles. The van der Waals surface area contributed by atoms with Crippen molar-refractivity contribution in [3.05, 3.63) is 35.9 Å². The quantitative estimate of drug-likeness (QED) is 0.777. The smallest absolute Gasteiger partial charge is 0.305 e. The van der Waals surface area contributed by atoms with Gasteiger partial charge in [-0.3, -0.25) is 9.59 Å². The van der Waals surface area contributed by atoms with Crippen LogP contribution >= 0.6 is 0 Å². The third-order valence-electron chi connectivity index (χ3n) is 2.65. The molecule has 19 heavy (non-hydrogen) atoms. The van der Waals surface area contributed by atoms with E-state index in [-0.39, 0.29) is 25.4 Å². The van der Waals surface area contributed by atoms with E-state index in [0.29, 0.717) is 0 Å². The van der Waals surface area contributed by atoms with E-state index >= 15 is 0 Å². The van der Waals surface area contributed by atoms with Crippen molar-refractivity contribution < 1.29 is 19.4 Å². The van der Waals surface area contributed by atoms with Gasteiger partial charge >= 0.3 is 5.97 Å². The van der Waals surface area contributed by atoms with Crippen LogP contribution in [0.25, 0.3) is 0 Å². The molecule has 1 aromatic rings. The maximum atomic E-state index is 11.9. The molecule has 1 amide bonds. The number of hydrogen-bond donors (Lipinski definition) is 2. The van der Waals surface area contributed by atoms with Crippen molar-refractivity contribution >= 4 is 11.9 Å². The Labute approximate surface area is 112 Å². The zero-order valence-electron chi connectivity index (χ0n) is 11.2. The van der Waals surface area contributed by atoms with Gasteiger partial charge in [0, 0.05) is 7.11 Å². The fraction of sp³-hybridized carbons (Fsp3) is 0.429. The van der Waals surface area contributed by atoms with Crippen LogP contribution < -0.4 is 5.32 Å². The molecule has 104 valence electrons. The molecule has 1 aromatic carbocycles. The lowest BCUT2D eigenvalue weighted by molar-refractivity contribution is -0.139. The number of nitrogens with one attached hydrogen (secondary N) is 1. The second-order valence-corrected chi connectivity index (χ2v) is 4.77. The summed E-state index contributed by atoms with van der Waals surface area (Å²) in [5.41, 5.74) is -0.0120. The Hall–Kier alpha value is -1.88. The van der Waals surface area contributed by atoms with Gasteiger partial charge in [0.2, 0.25) is 5.91 Å². The van der Waals surface area contributed by atoms with E-state index in [1.54, 1.807) is 6.92 Å². The van der Waals surface area contributed by atoms with Crippen LogP contribution in [0, 0.1) is 0 Å². The first-order valence-corrected chi connectivity index (χ1v) is 6.01. The minimum absolute atomic E-state index is 0.153. The van der Waals surface area contributed by atoms with Crippen molar-refractivity contribution in [2.24, 2.45) is 0 Å². The number of carboxylic acids is 1. The lowest BCUT2D eigenvalue weighted by Crippen LogP contribution is -2.51. The topological polar surface area (TPSA) is 75.6 Å². The van der Waals surface area contributed by atoms with E-state index in [0.717, 1.165) is 5.56 Å². The maximum absolute atomic E-state index is 11.9. The highest BCUT2D eigenvalue weighted by Crippen LogP contribution is 2.11. The van der Waals surface area contributed by atoms with Gasteiger partial charge in [0.1, 0.15) is 0 Å². The predicted molar refractivity (Wildman–Crippen MR) is 70.8 cm³/mol. The lowest BCUT2D eigenvalue weighted by Gasteiger charge is -2.28. The van der Waals surface area contributed by atoms with Crippen LogP contribution in [0.3, 0.4) is 0 Å². The van der Waals surface area contributed by atoms with Crippen LogP contribution in [-0.4, -0.2) is 36.2 Å². The normalized spacial score (nSPS) is 13.6. The Morgan fingerprint density at radius 3 is 2.47 bits per heavy atom. The number of carboxylic acid groups (broad SMARTS) is 1. The second-order valence-electron chi connectivity index (χ2n) is 4.77. The summed E-state index contributed by atoms with van der Waals surface area (Å²) < 4.78 is 4.98. The van der Waals surface area contributed by atoms with E-state index in [9.17, 15) is 9.59 Å². The Bertz CT molecular complexity index is 432. The summed E-state index contributed by atoms with van der Waals surface area (Å²) in [6, 6.07) is 9.29. The molecular formula is C14H19NO4. The van der Waals surface area contributed by atoms with Gasteiger partial charge in [-0.2, -0.15) is 0 Å². The fourth-order valence-corrected chi connectivity index (χ4v) is 1.95. The lowest BCUT2D eigenvalue weighted by atomic mass is 9.98. The van der Waals surface area contributed by atoms with E-state index in [1.807, 2.05) is 30.3 Å². The third kappa shape index (κ3) is 5.52. The highest BCUT2D eigenvalue weighted by molar-refractivity contribution is 5.80. The largest absolute Gasteiger partial charge is 0.481 e. The monoisotopic (exact) mass is 265 g/mol. The Morgan fingerprint density at radius 2 is 1.95 bits per heavy atom. The molecule has 5 heteroatoms. The molecule has 0 saturated heterocycles. The average molecular weight is 265 g/mol. The first kappa shape index (κ1) is 15.2. The highest BCUT2D eigenvalue weighted by Gasteiger charge is 2.29. The summed E-state index contributed by atoms with van der Waals surface area (Å²) in [6.07, 6.45) is 0.0428. The number of amides is 1. The molecule has 2 N–H and O–H groups in total. The molecule has 0 aromatic heterocycles. The van der Waals surface area contributed by atoms with Crippen LogP contribution in [0.2, 0.25) is 0 Å². The summed E-state index contributed by atoms with van der Waals surface area (Å²) in [5, 5.41) is 11.6. The van der Waals surface area contributed by atoms with Gasteiger partial charge in [-0.1, -0.05) is 30.3 Å². The maximum Gasteiger partial charge on any atom is 0.305 e. The summed E-state index contributed by atoms with van der Waals surface area (Å²) >= 11 is 0. The highest BCUT2D eigenvalue weighted by atomic mass is 16.5. The standard InChI is InChI=1S/C14H19NO4/c1-14(10-19-2,9-13(17)18)15-12(16)8-11-6-4-3-5-7-11/h3-7H,8-10H2,1-2H3,(H,15,16)(H,17,18). The van der Waals surface area contributed by atoms with E-state index < -0.39 is 11.5 Å².